The van der Waals surface area contributed by atoms with Crippen molar-refractivity contribution in [3.8, 4) is 68.3 Å². The summed E-state index contributed by atoms with van der Waals surface area (Å²) < 4.78 is 25.8. The summed E-state index contributed by atoms with van der Waals surface area (Å²) in [5.41, 5.74) is 30.7. The summed E-state index contributed by atoms with van der Waals surface area (Å²) in [4.78, 5) is 120. The number of likely N-dealkylation sites (N-methyl/N-ethyl adjacent to an activating group) is 2. The topological polar surface area (TPSA) is 349 Å². The molecule has 0 atom stereocenters. The standard InChI is InChI=1S/C24H24N6O.C24H26N6O.C23H24N6O.C22H22N6O.C20H20N4O3/c1-15-13-30-22(16(2)25-15)11-21(27-30)20-12-24(31)29-14-18(3-6-23(29)26-20)17-7-9-28(10-8-17)19-4-5-19;1-4-9-28-10-7-18(8-11-28)19-5-6-23-26-20(13-24(31)29(23)15-19)21-12-22-17(3)25-16(2)14-30(22)27-21;1-4-27-9-7-17(8-10-27)18-5-6-22-25-19(12-23(30)28(22)14-18)20-11-21-16(3)24-15(2)13-29(21)26-20;1-14-12-28-20(15(2)23-14)10-19(25-28)18-11-22(29)27-13-17(4-5-21(27)24-18)16-6-8-26(3)9-7-16;1-26-17-4-3-14(9-18(17)27-2)16-10-19(25)24-12-15(11-22-20(24)23-16)13-5-7-21-8-6-13/h3,6-7,11-14,19H,4-5,8-10H2,1-2H3;5-7,12-15H,4,8-11H2,1-3H3;5-7,11-14H,4,8-10H2,1-3H3;4-6,10-13H,7-9H2,1-3H3;3-5,9-12,21H,6-8H2,1-2H3. The quantitative estimate of drug-likeness (QED) is 0.0939. The molecule has 0 amide bonds. The second-order valence-corrected chi connectivity index (χ2v) is 38.7. The van der Waals surface area contributed by atoms with Crippen LogP contribution in [0, 0.1) is 55.4 Å². The minimum absolute atomic E-state index is 0.0963. The molecule has 35 heteroatoms. The SMILES string of the molecule is CCCN1CC=C(c2ccc3nc(-c4cc5c(C)nc(C)cn5n4)cc(=O)n3c2)CC1.CCN1CC=C(c2ccc3nc(-c4cc5c(C)nc(C)cn5n4)cc(=O)n3c2)CC1.COc1ccc(-c2cc(=O)n3cc(C4=CCNCC4)cnc3n2)cc1OC.Cc1cn2nc(-c3cc(=O)n4cc(C5=CCN(C)CC5)ccc4n3)cc2c(C)n1.Cc1cn2nc(-c3cc(=O)n4cc(C5=CCN(C6CC6)CC5)ccc4n3)cc2c(C)n1. The van der Waals surface area contributed by atoms with Gasteiger partial charge >= 0.3 is 0 Å². The van der Waals surface area contributed by atoms with E-state index in [9.17, 15) is 24.0 Å². The van der Waals surface area contributed by atoms with Gasteiger partial charge in [-0.25, -0.2) is 48.0 Å². The van der Waals surface area contributed by atoms with Crippen LogP contribution in [0.15, 0.2) is 238 Å². The van der Waals surface area contributed by atoms with Gasteiger partial charge in [-0.1, -0.05) is 44.2 Å². The number of rotatable bonds is 16. The second-order valence-electron chi connectivity index (χ2n) is 38.7. The Morgan fingerprint density at radius 2 is 0.716 bits per heavy atom. The molecule has 5 aliphatic heterocycles. The van der Waals surface area contributed by atoms with Gasteiger partial charge in [0, 0.05) is 144 Å². The molecule has 23 heterocycles. The molecular formula is C113H116N28O7. The number of nitrogens with zero attached hydrogens (tertiary/aromatic N) is 27. The Hall–Kier alpha value is -16.5. The van der Waals surface area contributed by atoms with Crippen LogP contribution in [0.4, 0.5) is 0 Å². The molecule has 148 heavy (non-hydrogen) atoms. The second kappa shape index (κ2) is 41.6. The van der Waals surface area contributed by atoms with E-state index in [1.165, 1.54) is 57.6 Å². The van der Waals surface area contributed by atoms with Crippen molar-refractivity contribution in [1.82, 2.24) is 135 Å². The van der Waals surface area contributed by atoms with Crippen molar-refractivity contribution in [2.75, 3.05) is 99.8 Å². The molecule has 0 saturated heterocycles. The van der Waals surface area contributed by atoms with Crippen molar-refractivity contribution in [2.24, 2.45) is 0 Å². The maximum atomic E-state index is 12.9. The summed E-state index contributed by atoms with van der Waals surface area (Å²) in [6.07, 6.45) is 38.7. The number of pyridine rings is 4. The van der Waals surface area contributed by atoms with Crippen molar-refractivity contribution in [3.63, 3.8) is 0 Å². The predicted octanol–water partition coefficient (Wildman–Crippen LogP) is 14.8. The number of benzene rings is 1. The van der Waals surface area contributed by atoms with Crippen molar-refractivity contribution in [1.29, 1.82) is 0 Å². The number of nitrogens with one attached hydrogen (secondary N) is 1. The van der Waals surface area contributed by atoms with Gasteiger partial charge in [-0.2, -0.15) is 20.4 Å². The van der Waals surface area contributed by atoms with Crippen LogP contribution in [-0.2, 0) is 0 Å². The Labute approximate surface area is 851 Å². The first-order valence-corrected chi connectivity index (χ1v) is 50.4. The van der Waals surface area contributed by atoms with Crippen LogP contribution in [-0.4, -0.2) is 236 Å². The van der Waals surface area contributed by atoms with Gasteiger partial charge in [-0.15, -0.1) is 0 Å². The molecule has 1 N–H and O–H groups in total. The zero-order chi connectivity index (χ0) is 102. The number of aromatic nitrogens is 23. The predicted molar refractivity (Wildman–Crippen MR) is 576 cm³/mol. The summed E-state index contributed by atoms with van der Waals surface area (Å²) in [7, 11) is 5.27. The van der Waals surface area contributed by atoms with Crippen molar-refractivity contribution >= 4 is 78.3 Å². The van der Waals surface area contributed by atoms with Gasteiger partial charge in [-0.05, 0) is 275 Å². The zero-order valence-electron chi connectivity index (χ0n) is 85.4. The van der Waals surface area contributed by atoms with Crippen LogP contribution >= 0.6 is 0 Å². The Bertz CT molecular complexity index is 8990. The maximum Gasteiger partial charge on any atom is 0.259 e. The number of ether oxygens (including phenoxy) is 2. The van der Waals surface area contributed by atoms with Crippen LogP contribution in [0.5, 0.6) is 11.5 Å². The highest BCUT2D eigenvalue weighted by Gasteiger charge is 2.31. The van der Waals surface area contributed by atoms with Crippen LogP contribution in [0.2, 0.25) is 0 Å². The van der Waals surface area contributed by atoms with Crippen LogP contribution in [0.25, 0.3) is 135 Å². The molecule has 18 aromatic heterocycles. The van der Waals surface area contributed by atoms with Crippen molar-refractivity contribution in [3.05, 3.63) is 339 Å². The molecule has 1 fully saturated rings. The molecule has 6 aliphatic rings. The van der Waals surface area contributed by atoms with Crippen LogP contribution in [0.1, 0.15) is 139 Å². The van der Waals surface area contributed by atoms with E-state index < -0.39 is 0 Å². The molecule has 1 aromatic carbocycles. The highest BCUT2D eigenvalue weighted by atomic mass is 16.5. The minimum atomic E-state index is -0.173. The normalized spacial score (nSPS) is 15.4. The third kappa shape index (κ3) is 20.7. The lowest BCUT2D eigenvalue weighted by Crippen LogP contribution is -2.30. The van der Waals surface area contributed by atoms with Gasteiger partial charge in [0.1, 0.15) is 45.4 Å². The number of hydrogen-bond donors (Lipinski definition) is 1. The molecule has 0 spiro atoms. The fourth-order valence-corrected chi connectivity index (χ4v) is 20.0. The van der Waals surface area contributed by atoms with Gasteiger partial charge in [0.05, 0.1) is 135 Å². The molecule has 0 radical (unpaired) electrons. The first-order valence-electron chi connectivity index (χ1n) is 50.4. The average Bonchev–Trinajstić information content (AvgIpc) is 1.72. The van der Waals surface area contributed by atoms with E-state index in [2.05, 4.69) is 145 Å². The van der Waals surface area contributed by atoms with Gasteiger partial charge in [0.2, 0.25) is 5.78 Å². The van der Waals surface area contributed by atoms with Crippen molar-refractivity contribution < 1.29 is 9.47 Å². The smallest absolute Gasteiger partial charge is 0.259 e. The van der Waals surface area contributed by atoms with Gasteiger partial charge in [-0.3, -0.25) is 80.6 Å². The number of aryl methyl sites for hydroxylation is 8. The first-order chi connectivity index (χ1) is 71.7. The minimum Gasteiger partial charge on any atom is -0.493 e. The Morgan fingerprint density at radius 1 is 0.345 bits per heavy atom. The van der Waals surface area contributed by atoms with E-state index in [0.717, 1.165) is 218 Å². The lowest BCUT2D eigenvalue weighted by molar-refractivity contribution is 0.291. The lowest BCUT2D eigenvalue weighted by Gasteiger charge is -2.26. The number of hydrogen-bond acceptors (Lipinski definition) is 26. The van der Waals surface area contributed by atoms with Crippen molar-refractivity contribution in [2.45, 2.75) is 127 Å². The van der Waals surface area contributed by atoms with E-state index in [1.54, 1.807) is 92.5 Å². The fraction of sp³-hybridized carbons (Fsp3) is 0.301. The molecular weight excluding hydrogens is 1860 g/mol. The molecule has 0 bridgehead atoms. The van der Waals surface area contributed by atoms with Gasteiger partial charge < -0.3 is 19.7 Å². The summed E-state index contributed by atoms with van der Waals surface area (Å²) in [5, 5.41) is 21.7. The zero-order valence-corrected chi connectivity index (χ0v) is 85.4. The first kappa shape index (κ1) is 97.6. The number of methoxy groups -OCH3 is 2. The number of fused-ring (bicyclic) bond motifs is 9. The lowest BCUT2D eigenvalue weighted by atomic mass is 10.0. The van der Waals surface area contributed by atoms with E-state index in [1.807, 2.05) is 172 Å². The fourth-order valence-electron chi connectivity index (χ4n) is 20.0. The summed E-state index contributed by atoms with van der Waals surface area (Å²) in [6, 6.07) is 37.6. The Kier molecular flexibility index (Phi) is 27.4. The van der Waals surface area contributed by atoms with Gasteiger partial charge in [0.25, 0.3) is 27.8 Å². The van der Waals surface area contributed by atoms with E-state index in [0.29, 0.717) is 91.1 Å². The van der Waals surface area contributed by atoms with Gasteiger partial charge in [0.15, 0.2) is 11.5 Å². The molecule has 25 rings (SSSR count). The summed E-state index contributed by atoms with van der Waals surface area (Å²) >= 11 is 0. The molecule has 35 nitrogen and oxygen atoms in total. The molecule has 1 saturated carbocycles. The third-order valence-electron chi connectivity index (χ3n) is 28.1. The van der Waals surface area contributed by atoms with E-state index in [4.69, 9.17) is 29.4 Å². The molecule has 19 aromatic rings. The Morgan fingerprint density at radius 3 is 1.07 bits per heavy atom. The Balaban J connectivity index is 0.000000108. The monoisotopic (exact) mass is 1980 g/mol. The molecule has 750 valence electrons. The highest BCUT2D eigenvalue weighted by molar-refractivity contribution is 5.76. The maximum absolute atomic E-state index is 12.9. The van der Waals surface area contributed by atoms with Crippen LogP contribution in [0.3, 0.4) is 0 Å². The van der Waals surface area contributed by atoms with E-state index >= 15 is 0 Å². The van der Waals surface area contributed by atoms with Crippen LogP contribution < -0.4 is 42.6 Å². The summed E-state index contributed by atoms with van der Waals surface area (Å²) in [5.74, 6) is 1.57. The molecule has 0 unspecified atom stereocenters. The highest BCUT2D eigenvalue weighted by Crippen LogP contribution is 2.36. The third-order valence-corrected chi connectivity index (χ3v) is 28.1. The average molecular weight is 1980 g/mol. The summed E-state index contributed by atoms with van der Waals surface area (Å²) in [6.45, 7) is 32.0. The largest absolute Gasteiger partial charge is 0.493 e. The molecule has 1 aliphatic carbocycles. The van der Waals surface area contributed by atoms with E-state index in [-0.39, 0.29) is 27.8 Å².